The Kier molecular flexibility index (Phi) is 4.03. The lowest BCUT2D eigenvalue weighted by Gasteiger charge is -2.14. The molecule has 17 heavy (non-hydrogen) atoms. The van der Waals surface area contributed by atoms with Crippen LogP contribution in [0.25, 0.3) is 0 Å². The first-order chi connectivity index (χ1) is 8.27. The molecule has 1 N–H and O–H groups in total. The number of nitrogens with zero attached hydrogens (tertiary/aromatic N) is 1. The normalized spacial score (nSPS) is 14.7. The number of benzene rings is 1. The number of rotatable bonds is 3. The molecule has 2 amide bonds. The van der Waals surface area contributed by atoms with E-state index < -0.39 is 0 Å². The second-order valence-corrected chi connectivity index (χ2v) is 4.82. The van der Waals surface area contributed by atoms with Crippen LogP contribution in [0.15, 0.2) is 30.3 Å². The van der Waals surface area contributed by atoms with Crippen LogP contribution in [0.5, 0.6) is 0 Å². The van der Waals surface area contributed by atoms with E-state index in [-0.39, 0.29) is 18.4 Å². The first-order valence-electron chi connectivity index (χ1n) is 5.46. The monoisotopic (exact) mass is 250 g/mol. The molecule has 1 saturated heterocycles. The zero-order valence-electron chi connectivity index (χ0n) is 9.39. The molecule has 0 aromatic heterocycles. The molecule has 0 atom stereocenters. The van der Waals surface area contributed by atoms with Gasteiger partial charge in [-0.05, 0) is 12.1 Å². The third-order valence-electron chi connectivity index (χ3n) is 2.54. The summed E-state index contributed by atoms with van der Waals surface area (Å²) in [6, 6.07) is 8.90. The highest BCUT2D eigenvalue weighted by molar-refractivity contribution is 7.99. The first-order valence-corrected chi connectivity index (χ1v) is 6.61. The largest absolute Gasteiger partial charge is 0.343 e. The molecule has 1 heterocycles. The summed E-state index contributed by atoms with van der Waals surface area (Å²) in [5.74, 6) is 1.50. The highest BCUT2D eigenvalue weighted by atomic mass is 32.2. The molecule has 0 unspecified atom stereocenters. The van der Waals surface area contributed by atoms with E-state index in [0.717, 1.165) is 18.2 Å². The van der Waals surface area contributed by atoms with Crippen LogP contribution in [0.4, 0.5) is 0 Å². The molecule has 1 aromatic rings. The smallest absolute Gasteiger partial charge is 0.251 e. The molecular weight excluding hydrogens is 236 g/mol. The number of hydrogen-bond acceptors (Lipinski definition) is 3. The van der Waals surface area contributed by atoms with Crippen molar-refractivity contribution >= 4 is 23.6 Å². The third kappa shape index (κ3) is 3.23. The van der Waals surface area contributed by atoms with Crippen molar-refractivity contribution in [1.29, 1.82) is 0 Å². The predicted octanol–water partition coefficient (Wildman–Crippen LogP) is 0.949. The predicted molar refractivity (Wildman–Crippen MR) is 67.8 cm³/mol. The van der Waals surface area contributed by atoms with E-state index in [9.17, 15) is 9.59 Å². The summed E-state index contributed by atoms with van der Waals surface area (Å²) in [6.07, 6.45) is 0. The zero-order valence-corrected chi connectivity index (χ0v) is 10.2. The van der Waals surface area contributed by atoms with Gasteiger partial charge in [0.25, 0.3) is 5.91 Å². The summed E-state index contributed by atoms with van der Waals surface area (Å²) in [5, 5.41) is 2.64. The van der Waals surface area contributed by atoms with Gasteiger partial charge in [-0.15, -0.1) is 11.8 Å². The minimum absolute atomic E-state index is 0.0146. The Morgan fingerprint density at radius 1 is 1.29 bits per heavy atom. The van der Waals surface area contributed by atoms with Gasteiger partial charge in [0.2, 0.25) is 5.91 Å². The van der Waals surface area contributed by atoms with Crippen LogP contribution >= 0.6 is 11.8 Å². The van der Waals surface area contributed by atoms with Crippen LogP contribution in [0.2, 0.25) is 0 Å². The van der Waals surface area contributed by atoms with Gasteiger partial charge < -0.3 is 10.2 Å². The van der Waals surface area contributed by atoms with Gasteiger partial charge in [0, 0.05) is 17.9 Å². The summed E-state index contributed by atoms with van der Waals surface area (Å²) in [6.45, 7) is 0.860. The second-order valence-electron chi connectivity index (χ2n) is 3.74. The van der Waals surface area contributed by atoms with Crippen LogP contribution in [0, 0.1) is 0 Å². The van der Waals surface area contributed by atoms with E-state index in [1.54, 1.807) is 40.9 Å². The molecule has 90 valence electrons. The fourth-order valence-electron chi connectivity index (χ4n) is 1.57. The van der Waals surface area contributed by atoms with Crippen LogP contribution < -0.4 is 5.32 Å². The van der Waals surface area contributed by atoms with Gasteiger partial charge in [-0.25, -0.2) is 0 Å². The van der Waals surface area contributed by atoms with Gasteiger partial charge in [0.1, 0.15) is 0 Å². The molecule has 0 radical (unpaired) electrons. The number of carbonyl (C=O) groups excluding carboxylic acids is 2. The maximum absolute atomic E-state index is 11.7. The summed E-state index contributed by atoms with van der Waals surface area (Å²) >= 11 is 1.73. The Morgan fingerprint density at radius 2 is 2.06 bits per heavy atom. The molecule has 4 nitrogen and oxygen atoms in total. The average molecular weight is 250 g/mol. The van der Waals surface area contributed by atoms with E-state index in [1.807, 2.05) is 6.07 Å². The number of nitrogens with one attached hydrogen (secondary N) is 1. The van der Waals surface area contributed by atoms with E-state index >= 15 is 0 Å². The van der Waals surface area contributed by atoms with Gasteiger partial charge in [-0.2, -0.15) is 0 Å². The molecule has 1 fully saturated rings. The lowest BCUT2D eigenvalue weighted by Crippen LogP contribution is -2.38. The van der Waals surface area contributed by atoms with Crippen LogP contribution in [-0.4, -0.2) is 41.4 Å². The van der Waals surface area contributed by atoms with Gasteiger partial charge in [-0.3, -0.25) is 9.59 Å². The van der Waals surface area contributed by atoms with Crippen LogP contribution in [0.3, 0.4) is 0 Å². The molecule has 0 aliphatic carbocycles. The van der Waals surface area contributed by atoms with Crippen LogP contribution in [0.1, 0.15) is 10.4 Å². The Labute approximate surface area is 104 Å². The van der Waals surface area contributed by atoms with Crippen molar-refractivity contribution in [2.24, 2.45) is 0 Å². The Balaban J connectivity index is 1.82. The minimum Gasteiger partial charge on any atom is -0.343 e. The summed E-state index contributed by atoms with van der Waals surface area (Å²) in [5.41, 5.74) is 0.580. The molecular formula is C12H14N2O2S. The quantitative estimate of drug-likeness (QED) is 0.869. The lowest BCUT2D eigenvalue weighted by molar-refractivity contribution is -0.128. The van der Waals surface area contributed by atoms with E-state index in [4.69, 9.17) is 0 Å². The SMILES string of the molecule is O=C(NCC(=O)N1CCSC1)c1ccccc1. The highest BCUT2D eigenvalue weighted by Gasteiger charge is 2.18. The van der Waals surface area contributed by atoms with Crippen molar-refractivity contribution in [3.05, 3.63) is 35.9 Å². The fourth-order valence-corrected chi connectivity index (χ4v) is 2.54. The number of amides is 2. The third-order valence-corrected chi connectivity index (χ3v) is 3.51. The molecule has 0 spiro atoms. The van der Waals surface area contributed by atoms with Gasteiger partial charge in [0.05, 0.1) is 12.4 Å². The molecule has 1 aliphatic heterocycles. The standard InChI is InChI=1S/C12H14N2O2S/c15-11(14-6-7-17-9-14)8-13-12(16)10-4-2-1-3-5-10/h1-5H,6-9H2,(H,13,16). The van der Waals surface area contributed by atoms with Crippen LogP contribution in [-0.2, 0) is 4.79 Å². The number of thioether (sulfide) groups is 1. The Hall–Kier alpha value is -1.49. The maximum Gasteiger partial charge on any atom is 0.251 e. The molecule has 5 heteroatoms. The summed E-state index contributed by atoms with van der Waals surface area (Å²) < 4.78 is 0. The van der Waals surface area contributed by atoms with Crippen molar-refractivity contribution in [3.63, 3.8) is 0 Å². The molecule has 0 saturated carbocycles. The second kappa shape index (κ2) is 5.72. The van der Waals surface area contributed by atoms with Crippen molar-refractivity contribution in [2.45, 2.75) is 0 Å². The van der Waals surface area contributed by atoms with Crippen molar-refractivity contribution in [2.75, 3.05) is 24.7 Å². The van der Waals surface area contributed by atoms with E-state index in [1.165, 1.54) is 0 Å². The topological polar surface area (TPSA) is 49.4 Å². The molecule has 2 rings (SSSR count). The van der Waals surface area contributed by atoms with E-state index in [2.05, 4.69) is 5.32 Å². The summed E-state index contributed by atoms with van der Waals surface area (Å²) in [7, 11) is 0. The maximum atomic E-state index is 11.7. The van der Waals surface area contributed by atoms with Crippen molar-refractivity contribution in [1.82, 2.24) is 10.2 Å². The fraction of sp³-hybridized carbons (Fsp3) is 0.333. The lowest BCUT2D eigenvalue weighted by atomic mass is 10.2. The first kappa shape index (κ1) is 12.0. The number of carbonyl (C=O) groups is 2. The number of hydrogen-bond donors (Lipinski definition) is 1. The average Bonchev–Trinajstić information content (AvgIpc) is 2.90. The molecule has 0 bridgehead atoms. The van der Waals surface area contributed by atoms with E-state index in [0.29, 0.717) is 5.56 Å². The van der Waals surface area contributed by atoms with Crippen molar-refractivity contribution in [3.8, 4) is 0 Å². The minimum atomic E-state index is -0.203. The van der Waals surface area contributed by atoms with Gasteiger partial charge >= 0.3 is 0 Å². The highest BCUT2D eigenvalue weighted by Crippen LogP contribution is 2.12. The molecule has 1 aliphatic rings. The summed E-state index contributed by atoms with van der Waals surface area (Å²) in [4.78, 5) is 25.1. The molecule has 1 aromatic carbocycles. The zero-order chi connectivity index (χ0) is 12.1. The van der Waals surface area contributed by atoms with Gasteiger partial charge in [0.15, 0.2) is 0 Å². The van der Waals surface area contributed by atoms with Gasteiger partial charge in [-0.1, -0.05) is 18.2 Å². The Morgan fingerprint density at radius 3 is 2.71 bits per heavy atom. The van der Waals surface area contributed by atoms with Crippen molar-refractivity contribution < 1.29 is 9.59 Å². The Bertz CT molecular complexity index is 402.